The minimum atomic E-state index is -0.188. The lowest BCUT2D eigenvalue weighted by molar-refractivity contribution is 0.0598. The standard InChI is InChI=1S/C24H26N4O2S/c29-23-19-11-13-27(15-18-9-6-14-31-18)16-20(19)25-22(26-23)21-10-4-5-12-28(21)24(30)17-7-2-1-3-8-17/h1-3,6-9,14,21H,4-5,10-13,15-16H2,(H,25,26,29). The highest BCUT2D eigenvalue weighted by Gasteiger charge is 2.32. The summed E-state index contributed by atoms with van der Waals surface area (Å²) in [4.78, 5) is 39.6. The second kappa shape index (κ2) is 8.77. The first-order valence-electron chi connectivity index (χ1n) is 10.9. The number of H-pyrrole nitrogens is 1. The minimum absolute atomic E-state index is 0.00462. The van der Waals surface area contributed by atoms with E-state index in [1.807, 2.05) is 35.2 Å². The van der Waals surface area contributed by atoms with Gasteiger partial charge in [0.1, 0.15) is 5.82 Å². The smallest absolute Gasteiger partial charge is 0.254 e. The Morgan fingerprint density at radius 1 is 1.13 bits per heavy atom. The number of piperidine rings is 1. The van der Waals surface area contributed by atoms with Crippen molar-refractivity contribution in [2.45, 2.75) is 44.8 Å². The molecule has 1 unspecified atom stereocenters. The Kier molecular flexibility index (Phi) is 5.70. The van der Waals surface area contributed by atoms with E-state index in [1.165, 1.54) is 4.88 Å². The van der Waals surface area contributed by atoms with Crippen LogP contribution in [0, 0.1) is 0 Å². The van der Waals surface area contributed by atoms with E-state index in [0.29, 0.717) is 30.9 Å². The lowest BCUT2D eigenvalue weighted by atomic mass is 9.99. The summed E-state index contributed by atoms with van der Waals surface area (Å²) in [6.07, 6.45) is 3.52. The number of aromatic nitrogens is 2. The molecule has 0 spiro atoms. The van der Waals surface area contributed by atoms with Crippen molar-refractivity contribution in [2.24, 2.45) is 0 Å². The van der Waals surface area contributed by atoms with Crippen LogP contribution in [0.25, 0.3) is 0 Å². The molecule has 1 atom stereocenters. The van der Waals surface area contributed by atoms with Crippen molar-refractivity contribution in [1.29, 1.82) is 0 Å². The minimum Gasteiger partial charge on any atom is -0.328 e. The van der Waals surface area contributed by atoms with Crippen molar-refractivity contribution in [1.82, 2.24) is 19.8 Å². The molecule has 5 rings (SSSR count). The van der Waals surface area contributed by atoms with Gasteiger partial charge >= 0.3 is 0 Å². The van der Waals surface area contributed by atoms with Gasteiger partial charge in [-0.05, 0) is 49.3 Å². The van der Waals surface area contributed by atoms with Crippen LogP contribution in [0.1, 0.15) is 57.6 Å². The highest BCUT2D eigenvalue weighted by molar-refractivity contribution is 7.09. The zero-order valence-corrected chi connectivity index (χ0v) is 18.2. The second-order valence-corrected chi connectivity index (χ2v) is 9.32. The number of aromatic amines is 1. The molecule has 4 heterocycles. The third-order valence-corrected chi connectivity index (χ3v) is 7.09. The molecule has 0 radical (unpaired) electrons. The zero-order valence-electron chi connectivity index (χ0n) is 17.4. The number of hydrogen-bond acceptors (Lipinski definition) is 5. The maximum atomic E-state index is 13.2. The molecule has 1 amide bonds. The van der Waals surface area contributed by atoms with E-state index in [0.717, 1.165) is 43.6 Å². The Balaban J connectivity index is 1.42. The summed E-state index contributed by atoms with van der Waals surface area (Å²) < 4.78 is 0. The summed E-state index contributed by atoms with van der Waals surface area (Å²) in [5.74, 6) is 0.635. The molecule has 7 heteroatoms. The summed E-state index contributed by atoms with van der Waals surface area (Å²) in [7, 11) is 0. The second-order valence-electron chi connectivity index (χ2n) is 8.29. The third kappa shape index (κ3) is 4.20. The van der Waals surface area contributed by atoms with Crippen LogP contribution in [0.15, 0.2) is 52.6 Å². The highest BCUT2D eigenvalue weighted by Crippen LogP contribution is 2.31. The Bertz CT molecular complexity index is 1110. The van der Waals surface area contributed by atoms with Crippen molar-refractivity contribution in [3.63, 3.8) is 0 Å². The summed E-state index contributed by atoms with van der Waals surface area (Å²) in [6, 6.07) is 13.4. The Labute approximate surface area is 185 Å². The van der Waals surface area contributed by atoms with Crippen LogP contribution in [-0.2, 0) is 19.5 Å². The number of thiophene rings is 1. The number of fused-ring (bicyclic) bond motifs is 1. The topological polar surface area (TPSA) is 69.3 Å². The number of carbonyl (C=O) groups is 1. The third-order valence-electron chi connectivity index (χ3n) is 6.23. The SMILES string of the molecule is O=C(c1ccccc1)N1CCCCC1c1nc2c(c(=O)[nH]1)CCN(Cc1cccs1)C2. The molecule has 2 aromatic heterocycles. The molecule has 0 bridgehead atoms. The van der Waals surface area contributed by atoms with Gasteiger partial charge in [0.15, 0.2) is 0 Å². The van der Waals surface area contributed by atoms with Gasteiger partial charge in [-0.1, -0.05) is 24.3 Å². The first-order valence-corrected chi connectivity index (χ1v) is 11.8. The van der Waals surface area contributed by atoms with E-state index in [-0.39, 0.29) is 17.5 Å². The van der Waals surface area contributed by atoms with Crippen LogP contribution < -0.4 is 5.56 Å². The van der Waals surface area contributed by atoms with E-state index < -0.39 is 0 Å². The summed E-state index contributed by atoms with van der Waals surface area (Å²) in [5, 5.41) is 2.09. The Morgan fingerprint density at radius 3 is 2.81 bits per heavy atom. The monoisotopic (exact) mass is 434 g/mol. The van der Waals surface area contributed by atoms with Crippen LogP contribution >= 0.6 is 11.3 Å². The van der Waals surface area contributed by atoms with Crippen LogP contribution in [0.2, 0.25) is 0 Å². The number of benzene rings is 1. The van der Waals surface area contributed by atoms with Crippen molar-refractivity contribution < 1.29 is 4.79 Å². The summed E-state index contributed by atoms with van der Waals surface area (Å²) in [5.41, 5.74) is 2.28. The maximum absolute atomic E-state index is 13.2. The van der Waals surface area contributed by atoms with Crippen molar-refractivity contribution >= 4 is 17.2 Å². The molecule has 3 aromatic rings. The van der Waals surface area contributed by atoms with E-state index in [1.54, 1.807) is 11.3 Å². The van der Waals surface area contributed by atoms with E-state index in [2.05, 4.69) is 27.4 Å². The van der Waals surface area contributed by atoms with Crippen LogP contribution in [-0.4, -0.2) is 38.8 Å². The van der Waals surface area contributed by atoms with Gasteiger partial charge in [0.05, 0.1) is 11.7 Å². The molecule has 2 aliphatic heterocycles. The molecule has 1 aromatic carbocycles. The molecule has 31 heavy (non-hydrogen) atoms. The van der Waals surface area contributed by atoms with Crippen molar-refractivity contribution in [3.8, 4) is 0 Å². The predicted octanol–water partition coefficient (Wildman–Crippen LogP) is 3.76. The van der Waals surface area contributed by atoms with Gasteiger partial charge in [0, 0.05) is 42.2 Å². The quantitative estimate of drug-likeness (QED) is 0.679. The van der Waals surface area contributed by atoms with Crippen LogP contribution in [0.3, 0.4) is 0 Å². The largest absolute Gasteiger partial charge is 0.328 e. The molecule has 160 valence electrons. The molecule has 0 saturated carbocycles. The molecule has 1 fully saturated rings. The number of nitrogens with zero attached hydrogens (tertiary/aromatic N) is 3. The summed E-state index contributed by atoms with van der Waals surface area (Å²) >= 11 is 1.75. The molecule has 6 nitrogen and oxygen atoms in total. The Hall–Kier alpha value is -2.77. The first kappa shape index (κ1) is 20.2. The highest BCUT2D eigenvalue weighted by atomic mass is 32.1. The Morgan fingerprint density at radius 2 is 2.00 bits per heavy atom. The van der Waals surface area contributed by atoms with Gasteiger partial charge < -0.3 is 9.88 Å². The van der Waals surface area contributed by atoms with Gasteiger partial charge in [0.2, 0.25) is 0 Å². The molecule has 2 aliphatic rings. The van der Waals surface area contributed by atoms with Crippen LogP contribution in [0.4, 0.5) is 0 Å². The van der Waals surface area contributed by atoms with E-state index in [9.17, 15) is 9.59 Å². The number of nitrogens with one attached hydrogen (secondary N) is 1. The number of rotatable bonds is 4. The molecule has 1 saturated heterocycles. The normalized spacial score (nSPS) is 19.2. The lowest BCUT2D eigenvalue weighted by Gasteiger charge is -2.36. The number of amides is 1. The lowest BCUT2D eigenvalue weighted by Crippen LogP contribution is -2.41. The van der Waals surface area contributed by atoms with E-state index in [4.69, 9.17) is 4.98 Å². The average molecular weight is 435 g/mol. The van der Waals surface area contributed by atoms with Gasteiger partial charge in [-0.25, -0.2) is 4.98 Å². The van der Waals surface area contributed by atoms with Gasteiger partial charge in [-0.2, -0.15) is 0 Å². The summed E-state index contributed by atoms with van der Waals surface area (Å²) in [6.45, 7) is 3.09. The zero-order chi connectivity index (χ0) is 21.2. The van der Waals surface area contributed by atoms with Crippen LogP contribution in [0.5, 0.6) is 0 Å². The molecule has 1 N–H and O–H groups in total. The van der Waals surface area contributed by atoms with Gasteiger partial charge in [-0.15, -0.1) is 11.3 Å². The van der Waals surface area contributed by atoms with Crippen molar-refractivity contribution in [2.75, 3.05) is 13.1 Å². The fraction of sp³-hybridized carbons (Fsp3) is 0.375. The molecular weight excluding hydrogens is 408 g/mol. The predicted molar refractivity (Wildman–Crippen MR) is 121 cm³/mol. The average Bonchev–Trinajstić information content (AvgIpc) is 3.32. The van der Waals surface area contributed by atoms with Gasteiger partial charge in [-0.3, -0.25) is 14.5 Å². The first-order chi connectivity index (χ1) is 15.2. The van der Waals surface area contributed by atoms with Crippen molar-refractivity contribution in [3.05, 3.63) is 85.7 Å². The fourth-order valence-corrected chi connectivity index (χ4v) is 5.38. The fourth-order valence-electron chi connectivity index (χ4n) is 4.63. The maximum Gasteiger partial charge on any atom is 0.254 e. The number of likely N-dealkylation sites (tertiary alicyclic amines) is 1. The molecule has 0 aliphatic carbocycles. The van der Waals surface area contributed by atoms with E-state index >= 15 is 0 Å². The molecular formula is C24H26N4O2S. The van der Waals surface area contributed by atoms with Gasteiger partial charge in [0.25, 0.3) is 11.5 Å². The number of hydrogen-bond donors (Lipinski definition) is 1. The number of carbonyl (C=O) groups excluding carboxylic acids is 1.